The number of rotatable bonds is 11. The lowest BCUT2D eigenvalue weighted by Gasteiger charge is -2.33. The zero-order valence-electron chi connectivity index (χ0n) is 21.4. The van der Waals surface area contributed by atoms with Gasteiger partial charge in [0.1, 0.15) is 12.6 Å². The molecule has 0 aromatic heterocycles. The monoisotopic (exact) mass is 595 g/mol. The molecule has 0 aliphatic heterocycles. The third-order valence-electron chi connectivity index (χ3n) is 5.86. The lowest BCUT2D eigenvalue weighted by Crippen LogP contribution is -2.53. The largest absolute Gasteiger partial charge is 0.416 e. The number of carbonyl (C=O) groups excluding carboxylic acids is 2. The number of alkyl halides is 3. The quantitative estimate of drug-likeness (QED) is 0.371. The average Bonchev–Trinajstić information content (AvgIpc) is 2.83. The molecule has 210 valence electrons. The van der Waals surface area contributed by atoms with Gasteiger partial charge < -0.3 is 10.2 Å². The summed E-state index contributed by atoms with van der Waals surface area (Å²) < 4.78 is 65.7. The van der Waals surface area contributed by atoms with Gasteiger partial charge in [-0.05, 0) is 55.7 Å². The standard InChI is InChI=1S/C25H30Cl2F3N3O4S/c1-5-16(3)31-24(35)22(6-2)32(14-17-10-11-20(26)21(27)12-17)23(34)15-33(38(4,36)37)19-9-7-8-18(13-19)25(28,29)30/h7-13,16,22H,5-6,14-15H2,1-4H3,(H,31,35). The number of nitrogens with one attached hydrogen (secondary N) is 1. The number of sulfonamides is 1. The van der Waals surface area contributed by atoms with Crippen LogP contribution in [0.3, 0.4) is 0 Å². The van der Waals surface area contributed by atoms with Gasteiger partial charge in [0.2, 0.25) is 21.8 Å². The summed E-state index contributed by atoms with van der Waals surface area (Å²) in [5, 5.41) is 3.32. The first-order valence-corrected chi connectivity index (χ1v) is 14.4. The van der Waals surface area contributed by atoms with Crippen LogP contribution in [0.2, 0.25) is 10.0 Å². The Bertz CT molecular complexity index is 1260. The molecule has 0 heterocycles. The molecule has 38 heavy (non-hydrogen) atoms. The predicted molar refractivity (Wildman–Crippen MR) is 143 cm³/mol. The summed E-state index contributed by atoms with van der Waals surface area (Å²) in [5.74, 6) is -1.23. The van der Waals surface area contributed by atoms with E-state index in [1.165, 1.54) is 23.1 Å². The molecule has 0 saturated carbocycles. The highest BCUT2D eigenvalue weighted by Gasteiger charge is 2.34. The molecule has 2 amide bonds. The Morgan fingerprint density at radius 1 is 1.03 bits per heavy atom. The van der Waals surface area contributed by atoms with Crippen LogP contribution in [0.4, 0.5) is 18.9 Å². The molecule has 2 aromatic rings. The van der Waals surface area contributed by atoms with Crippen molar-refractivity contribution in [2.75, 3.05) is 17.1 Å². The number of benzene rings is 2. The molecule has 0 radical (unpaired) electrons. The fourth-order valence-corrected chi connectivity index (χ4v) is 4.81. The lowest BCUT2D eigenvalue weighted by molar-refractivity contribution is -0.140. The Labute approximate surface area is 230 Å². The minimum absolute atomic E-state index is 0.123. The molecule has 0 aliphatic carbocycles. The normalized spacial score (nSPS) is 13.5. The predicted octanol–water partition coefficient (Wildman–Crippen LogP) is 5.50. The van der Waals surface area contributed by atoms with E-state index in [-0.39, 0.29) is 34.7 Å². The molecule has 2 rings (SSSR count). The summed E-state index contributed by atoms with van der Waals surface area (Å²) >= 11 is 12.1. The number of nitrogens with zero attached hydrogens (tertiary/aromatic N) is 2. The van der Waals surface area contributed by atoms with Gasteiger partial charge in [0, 0.05) is 12.6 Å². The minimum atomic E-state index is -4.72. The molecule has 2 unspecified atom stereocenters. The second-order valence-corrected chi connectivity index (χ2v) is 11.6. The van der Waals surface area contributed by atoms with Gasteiger partial charge in [-0.25, -0.2) is 8.42 Å². The molecule has 7 nitrogen and oxygen atoms in total. The number of carbonyl (C=O) groups is 2. The molecule has 0 aliphatic rings. The van der Waals surface area contributed by atoms with Crippen molar-refractivity contribution in [1.82, 2.24) is 10.2 Å². The van der Waals surface area contributed by atoms with Crippen molar-refractivity contribution in [2.24, 2.45) is 0 Å². The van der Waals surface area contributed by atoms with Crippen LogP contribution in [0.5, 0.6) is 0 Å². The number of hydrogen-bond donors (Lipinski definition) is 1. The van der Waals surface area contributed by atoms with Gasteiger partial charge in [-0.3, -0.25) is 13.9 Å². The Morgan fingerprint density at radius 2 is 1.68 bits per heavy atom. The Morgan fingerprint density at radius 3 is 2.21 bits per heavy atom. The van der Waals surface area contributed by atoms with E-state index in [4.69, 9.17) is 23.2 Å². The second-order valence-electron chi connectivity index (χ2n) is 8.83. The van der Waals surface area contributed by atoms with Crippen molar-refractivity contribution in [3.63, 3.8) is 0 Å². The third kappa shape index (κ3) is 8.51. The van der Waals surface area contributed by atoms with Gasteiger partial charge in [0.25, 0.3) is 0 Å². The molecule has 2 aromatic carbocycles. The summed E-state index contributed by atoms with van der Waals surface area (Å²) in [6, 6.07) is 7.15. The zero-order valence-corrected chi connectivity index (χ0v) is 23.7. The number of anilines is 1. The summed E-state index contributed by atoms with van der Waals surface area (Å²) in [7, 11) is -4.19. The maximum absolute atomic E-state index is 13.6. The van der Waals surface area contributed by atoms with E-state index in [0.717, 1.165) is 18.4 Å². The van der Waals surface area contributed by atoms with Gasteiger partial charge in [-0.2, -0.15) is 13.2 Å². The van der Waals surface area contributed by atoms with Crippen molar-refractivity contribution in [3.05, 3.63) is 63.6 Å². The van der Waals surface area contributed by atoms with Crippen LogP contribution in [0.15, 0.2) is 42.5 Å². The first-order chi connectivity index (χ1) is 17.6. The highest BCUT2D eigenvalue weighted by atomic mass is 35.5. The smallest absolute Gasteiger partial charge is 0.352 e. The molecule has 0 spiro atoms. The van der Waals surface area contributed by atoms with E-state index in [9.17, 15) is 31.2 Å². The number of amides is 2. The van der Waals surface area contributed by atoms with Crippen molar-refractivity contribution in [2.45, 2.75) is 58.4 Å². The SMILES string of the molecule is CCC(C)NC(=O)C(CC)N(Cc1ccc(Cl)c(Cl)c1)C(=O)CN(c1cccc(C(F)(F)F)c1)S(C)(=O)=O. The van der Waals surface area contributed by atoms with Crippen LogP contribution in [0, 0.1) is 0 Å². The highest BCUT2D eigenvalue weighted by Crippen LogP contribution is 2.32. The van der Waals surface area contributed by atoms with Crippen LogP contribution >= 0.6 is 23.2 Å². The molecule has 2 atom stereocenters. The van der Waals surface area contributed by atoms with Gasteiger partial charge in [0.15, 0.2) is 0 Å². The summed E-state index contributed by atoms with van der Waals surface area (Å²) in [6.45, 7) is 4.42. The average molecular weight is 596 g/mol. The minimum Gasteiger partial charge on any atom is -0.352 e. The summed E-state index contributed by atoms with van der Waals surface area (Å²) in [6.07, 6.45) is -3.10. The third-order valence-corrected chi connectivity index (χ3v) is 7.74. The summed E-state index contributed by atoms with van der Waals surface area (Å²) in [5.41, 5.74) is -0.877. The molecule has 13 heteroatoms. The molecule has 0 bridgehead atoms. The van der Waals surface area contributed by atoms with Gasteiger partial charge in [0.05, 0.1) is 27.6 Å². The first-order valence-electron chi connectivity index (χ1n) is 11.8. The Kier molecular flexibility index (Phi) is 10.9. The summed E-state index contributed by atoms with van der Waals surface area (Å²) in [4.78, 5) is 27.9. The van der Waals surface area contributed by atoms with Crippen LogP contribution < -0.4 is 9.62 Å². The number of halogens is 5. The van der Waals surface area contributed by atoms with E-state index in [2.05, 4.69) is 5.32 Å². The van der Waals surface area contributed by atoms with Crippen molar-refractivity contribution >= 4 is 50.7 Å². The van der Waals surface area contributed by atoms with Gasteiger partial charge >= 0.3 is 6.18 Å². The first kappa shape index (κ1) is 31.7. The van der Waals surface area contributed by atoms with Gasteiger partial charge in [-0.15, -0.1) is 0 Å². The van der Waals surface area contributed by atoms with Crippen LogP contribution in [-0.4, -0.2) is 50.0 Å². The molecule has 1 N–H and O–H groups in total. The van der Waals surface area contributed by atoms with E-state index in [0.29, 0.717) is 22.4 Å². The van der Waals surface area contributed by atoms with Crippen LogP contribution in [-0.2, 0) is 32.3 Å². The van der Waals surface area contributed by atoms with Crippen molar-refractivity contribution in [3.8, 4) is 0 Å². The fourth-order valence-electron chi connectivity index (χ4n) is 3.65. The fraction of sp³-hybridized carbons (Fsp3) is 0.440. The Balaban J connectivity index is 2.52. The van der Waals surface area contributed by atoms with E-state index in [1.54, 1.807) is 19.9 Å². The molecular formula is C25H30Cl2F3N3O4S. The zero-order chi connectivity index (χ0) is 28.8. The molecular weight excluding hydrogens is 566 g/mol. The van der Waals surface area contributed by atoms with E-state index in [1.807, 2.05) is 6.92 Å². The topological polar surface area (TPSA) is 86.8 Å². The second kappa shape index (κ2) is 13.0. The van der Waals surface area contributed by atoms with Crippen molar-refractivity contribution < 1.29 is 31.2 Å². The van der Waals surface area contributed by atoms with Crippen LogP contribution in [0.25, 0.3) is 0 Å². The lowest BCUT2D eigenvalue weighted by atomic mass is 10.1. The maximum Gasteiger partial charge on any atom is 0.416 e. The maximum atomic E-state index is 13.6. The molecule has 0 fully saturated rings. The van der Waals surface area contributed by atoms with E-state index < -0.39 is 46.2 Å². The van der Waals surface area contributed by atoms with Crippen molar-refractivity contribution in [1.29, 1.82) is 0 Å². The molecule has 0 saturated heterocycles. The Hall–Kier alpha value is -2.50. The number of hydrogen-bond acceptors (Lipinski definition) is 4. The van der Waals surface area contributed by atoms with Gasteiger partial charge in [-0.1, -0.05) is 49.2 Å². The van der Waals surface area contributed by atoms with E-state index >= 15 is 0 Å². The highest BCUT2D eigenvalue weighted by molar-refractivity contribution is 7.92. The van der Waals surface area contributed by atoms with Crippen LogP contribution in [0.1, 0.15) is 44.7 Å².